The fourth-order valence-electron chi connectivity index (χ4n) is 3.84. The maximum Gasteiger partial charge on any atom is 0.203 e. The Balaban J connectivity index is 1.55. The number of rotatable bonds is 8. The van der Waals surface area contributed by atoms with Crippen molar-refractivity contribution in [3.63, 3.8) is 0 Å². The van der Waals surface area contributed by atoms with E-state index in [1.54, 1.807) is 28.4 Å². The molecule has 1 fully saturated rings. The molecular formula is C24H35N5O3. The number of hydrogen-bond acceptors (Lipinski definition) is 6. The Morgan fingerprint density at radius 3 is 2.03 bits per heavy atom. The number of benzene rings is 1. The first-order valence-corrected chi connectivity index (χ1v) is 11.1. The Kier molecular flexibility index (Phi) is 8.83. The number of guanidine groups is 1. The van der Waals surface area contributed by atoms with Gasteiger partial charge in [0, 0.05) is 39.4 Å². The monoisotopic (exact) mass is 441 g/mol. The molecule has 0 saturated carbocycles. The Bertz CT molecular complexity index is 853. The molecule has 0 bridgehead atoms. The smallest absolute Gasteiger partial charge is 0.203 e. The molecule has 1 saturated heterocycles. The van der Waals surface area contributed by atoms with Crippen LogP contribution in [0, 0.1) is 0 Å². The Morgan fingerprint density at radius 2 is 1.53 bits per heavy atom. The van der Waals surface area contributed by atoms with Crippen LogP contribution in [0.1, 0.15) is 36.8 Å². The standard InChI is InChI=1S/C24H35N5O3/c1-25-24(28-17-19-13-20(30-2)23(32-4)21(14-19)31-3)27-16-18-9-10-22(26-15-18)29-11-7-5-6-8-12-29/h9-10,13-15H,5-8,11-12,16-17H2,1-4H3,(H2,25,27,28). The number of hydrogen-bond donors (Lipinski definition) is 2. The Labute approximate surface area is 191 Å². The number of aliphatic imine (C=N–C) groups is 1. The maximum atomic E-state index is 5.43. The zero-order valence-electron chi connectivity index (χ0n) is 19.6. The third kappa shape index (κ3) is 6.18. The van der Waals surface area contributed by atoms with E-state index < -0.39 is 0 Å². The highest BCUT2D eigenvalue weighted by atomic mass is 16.5. The maximum absolute atomic E-state index is 5.43. The van der Waals surface area contributed by atoms with Crippen molar-refractivity contribution < 1.29 is 14.2 Å². The number of methoxy groups -OCH3 is 3. The number of nitrogens with one attached hydrogen (secondary N) is 2. The minimum absolute atomic E-state index is 0.558. The number of pyridine rings is 1. The molecule has 1 aromatic heterocycles. The molecule has 1 aromatic carbocycles. The fraction of sp³-hybridized carbons (Fsp3) is 0.500. The molecule has 2 N–H and O–H groups in total. The Hall–Kier alpha value is -3.16. The quantitative estimate of drug-likeness (QED) is 0.480. The summed E-state index contributed by atoms with van der Waals surface area (Å²) in [6.45, 7) is 3.40. The molecule has 0 spiro atoms. The van der Waals surface area contributed by atoms with Crippen LogP contribution < -0.4 is 29.7 Å². The number of ether oxygens (including phenoxy) is 3. The molecule has 8 nitrogen and oxygen atoms in total. The van der Waals surface area contributed by atoms with Gasteiger partial charge in [0.25, 0.3) is 0 Å². The summed E-state index contributed by atoms with van der Waals surface area (Å²) in [6.07, 6.45) is 7.08. The first-order valence-electron chi connectivity index (χ1n) is 11.1. The summed E-state index contributed by atoms with van der Waals surface area (Å²) >= 11 is 0. The second kappa shape index (κ2) is 12.0. The normalized spacial score (nSPS) is 14.5. The summed E-state index contributed by atoms with van der Waals surface area (Å²) in [4.78, 5) is 11.4. The van der Waals surface area contributed by atoms with Crippen molar-refractivity contribution in [2.24, 2.45) is 4.99 Å². The lowest BCUT2D eigenvalue weighted by atomic mass is 10.2. The van der Waals surface area contributed by atoms with Gasteiger partial charge in [0.2, 0.25) is 5.75 Å². The van der Waals surface area contributed by atoms with Gasteiger partial charge in [-0.1, -0.05) is 18.9 Å². The number of nitrogens with zero attached hydrogens (tertiary/aromatic N) is 3. The van der Waals surface area contributed by atoms with E-state index in [0.29, 0.717) is 36.3 Å². The van der Waals surface area contributed by atoms with Gasteiger partial charge in [-0.05, 0) is 42.2 Å². The minimum Gasteiger partial charge on any atom is -0.493 e. The van der Waals surface area contributed by atoms with Crippen LogP contribution in [0.15, 0.2) is 35.5 Å². The van der Waals surface area contributed by atoms with Crippen LogP contribution in [-0.4, -0.2) is 52.4 Å². The van der Waals surface area contributed by atoms with Crippen molar-refractivity contribution >= 4 is 11.8 Å². The second-order valence-corrected chi connectivity index (χ2v) is 7.74. The average Bonchev–Trinajstić information content (AvgIpc) is 3.13. The van der Waals surface area contributed by atoms with E-state index in [1.807, 2.05) is 18.3 Å². The third-order valence-corrected chi connectivity index (χ3v) is 5.61. The van der Waals surface area contributed by atoms with E-state index in [1.165, 1.54) is 25.7 Å². The van der Waals surface area contributed by atoms with E-state index >= 15 is 0 Å². The molecule has 0 atom stereocenters. The van der Waals surface area contributed by atoms with Gasteiger partial charge in [0.1, 0.15) is 5.82 Å². The summed E-state index contributed by atoms with van der Waals surface area (Å²) < 4.78 is 16.2. The van der Waals surface area contributed by atoms with E-state index in [4.69, 9.17) is 14.2 Å². The average molecular weight is 442 g/mol. The molecule has 0 aliphatic carbocycles. The molecule has 2 aromatic rings. The highest BCUT2D eigenvalue weighted by molar-refractivity contribution is 5.79. The summed E-state index contributed by atoms with van der Waals surface area (Å²) in [7, 11) is 6.58. The highest BCUT2D eigenvalue weighted by Gasteiger charge is 2.14. The molecular weight excluding hydrogens is 406 g/mol. The summed E-state index contributed by atoms with van der Waals surface area (Å²) in [5.74, 6) is 3.61. The van der Waals surface area contributed by atoms with E-state index in [-0.39, 0.29) is 0 Å². The summed E-state index contributed by atoms with van der Waals surface area (Å²) in [5.41, 5.74) is 2.10. The zero-order valence-corrected chi connectivity index (χ0v) is 19.6. The van der Waals surface area contributed by atoms with Crippen LogP contribution in [-0.2, 0) is 13.1 Å². The van der Waals surface area contributed by atoms with Crippen molar-refractivity contribution in [1.29, 1.82) is 0 Å². The highest BCUT2D eigenvalue weighted by Crippen LogP contribution is 2.38. The van der Waals surface area contributed by atoms with Crippen molar-refractivity contribution in [2.45, 2.75) is 38.8 Å². The molecule has 0 amide bonds. The van der Waals surface area contributed by atoms with Crippen LogP contribution in [0.5, 0.6) is 17.2 Å². The number of anilines is 1. The molecule has 0 radical (unpaired) electrons. The molecule has 1 aliphatic heterocycles. The van der Waals surface area contributed by atoms with Crippen molar-refractivity contribution in [3.05, 3.63) is 41.6 Å². The fourth-order valence-corrected chi connectivity index (χ4v) is 3.84. The number of aromatic nitrogens is 1. The molecule has 32 heavy (non-hydrogen) atoms. The van der Waals surface area contributed by atoms with Crippen molar-refractivity contribution in [1.82, 2.24) is 15.6 Å². The van der Waals surface area contributed by atoms with Gasteiger partial charge >= 0.3 is 0 Å². The minimum atomic E-state index is 0.558. The van der Waals surface area contributed by atoms with Gasteiger partial charge in [0.05, 0.1) is 21.3 Å². The summed E-state index contributed by atoms with van der Waals surface area (Å²) in [6, 6.07) is 8.10. The van der Waals surface area contributed by atoms with Crippen molar-refractivity contribution in [3.8, 4) is 17.2 Å². The first-order chi connectivity index (χ1) is 15.7. The van der Waals surface area contributed by atoms with E-state index in [9.17, 15) is 0 Å². The van der Waals surface area contributed by atoms with Crippen LogP contribution in [0.2, 0.25) is 0 Å². The zero-order chi connectivity index (χ0) is 22.8. The molecule has 0 unspecified atom stereocenters. The van der Waals surface area contributed by atoms with Gasteiger partial charge in [-0.15, -0.1) is 0 Å². The van der Waals surface area contributed by atoms with Gasteiger partial charge < -0.3 is 29.7 Å². The lowest BCUT2D eigenvalue weighted by molar-refractivity contribution is 0.323. The van der Waals surface area contributed by atoms with Gasteiger partial charge in [-0.25, -0.2) is 4.98 Å². The topological polar surface area (TPSA) is 80.2 Å². The lowest BCUT2D eigenvalue weighted by Crippen LogP contribution is -2.36. The largest absolute Gasteiger partial charge is 0.493 e. The van der Waals surface area contributed by atoms with Crippen LogP contribution >= 0.6 is 0 Å². The molecule has 174 valence electrons. The van der Waals surface area contributed by atoms with Crippen LogP contribution in [0.3, 0.4) is 0 Å². The first kappa shape index (κ1) is 23.5. The SMILES string of the molecule is CN=C(NCc1ccc(N2CCCCCC2)nc1)NCc1cc(OC)c(OC)c(OC)c1. The van der Waals surface area contributed by atoms with Crippen LogP contribution in [0.4, 0.5) is 5.82 Å². The molecule has 1 aliphatic rings. The van der Waals surface area contributed by atoms with Gasteiger partial charge in [0.15, 0.2) is 17.5 Å². The summed E-state index contributed by atoms with van der Waals surface area (Å²) in [5, 5.41) is 6.67. The van der Waals surface area contributed by atoms with E-state index in [0.717, 1.165) is 30.0 Å². The predicted molar refractivity (Wildman–Crippen MR) is 128 cm³/mol. The molecule has 3 rings (SSSR count). The lowest BCUT2D eigenvalue weighted by Gasteiger charge is -2.21. The Morgan fingerprint density at radius 1 is 0.906 bits per heavy atom. The third-order valence-electron chi connectivity index (χ3n) is 5.61. The molecule has 8 heteroatoms. The van der Waals surface area contributed by atoms with Gasteiger partial charge in [-0.2, -0.15) is 0 Å². The van der Waals surface area contributed by atoms with Gasteiger partial charge in [-0.3, -0.25) is 4.99 Å². The van der Waals surface area contributed by atoms with Crippen molar-refractivity contribution in [2.75, 3.05) is 46.4 Å². The predicted octanol–water partition coefficient (Wildman–Crippen LogP) is 3.35. The second-order valence-electron chi connectivity index (χ2n) is 7.74. The van der Waals surface area contributed by atoms with Crippen LogP contribution in [0.25, 0.3) is 0 Å². The molecule has 2 heterocycles. The van der Waals surface area contributed by atoms with E-state index in [2.05, 4.69) is 37.6 Å².